The Morgan fingerprint density at radius 3 is 2.53 bits per heavy atom. The van der Waals surface area contributed by atoms with Crippen molar-refractivity contribution in [3.05, 3.63) is 28.7 Å². The van der Waals surface area contributed by atoms with Crippen LogP contribution < -0.4 is 5.32 Å². The number of nitrogens with one attached hydrogen (secondary N) is 1. The van der Waals surface area contributed by atoms with Crippen LogP contribution in [0.15, 0.2) is 28.7 Å². The van der Waals surface area contributed by atoms with E-state index in [4.69, 9.17) is 4.74 Å². The van der Waals surface area contributed by atoms with Crippen LogP contribution in [0.1, 0.15) is 33.1 Å². The molecule has 0 saturated heterocycles. The first-order valence-electron chi connectivity index (χ1n) is 6.50. The third-order valence-corrected chi connectivity index (χ3v) is 4.52. The van der Waals surface area contributed by atoms with E-state index in [1.54, 1.807) is 0 Å². The maximum atomic E-state index is 12.2. The minimum atomic E-state index is -0.609. The van der Waals surface area contributed by atoms with Crippen LogP contribution in [0.2, 0.25) is 0 Å². The fraction of sp³-hybridized carbons (Fsp3) is 0.533. The highest BCUT2D eigenvalue weighted by molar-refractivity contribution is 9.10. The van der Waals surface area contributed by atoms with Crippen LogP contribution in [0.4, 0.5) is 5.69 Å². The van der Waals surface area contributed by atoms with Gasteiger partial charge in [-0.25, -0.2) is 4.79 Å². The fourth-order valence-corrected chi connectivity index (χ4v) is 3.28. The standard InChI is InChI=1S/C15H20BrNO2/c1-14(2)8-9-15(10-14,13(18)19-3)17-12-7-5-4-6-11(12)16/h4-7,17H,8-10H2,1-3H3. The number of para-hydroxylation sites is 1. The van der Waals surface area contributed by atoms with Gasteiger partial charge in [-0.05, 0) is 52.7 Å². The van der Waals surface area contributed by atoms with E-state index < -0.39 is 5.54 Å². The second-order valence-corrected chi connectivity index (χ2v) is 6.87. The Bertz CT molecular complexity index is 487. The Hall–Kier alpha value is -1.03. The number of rotatable bonds is 3. The second-order valence-electron chi connectivity index (χ2n) is 6.02. The molecule has 1 aliphatic carbocycles. The van der Waals surface area contributed by atoms with E-state index in [2.05, 4.69) is 35.1 Å². The summed E-state index contributed by atoms with van der Waals surface area (Å²) in [4.78, 5) is 12.2. The topological polar surface area (TPSA) is 38.3 Å². The number of hydrogen-bond donors (Lipinski definition) is 1. The Balaban J connectivity index is 2.31. The van der Waals surface area contributed by atoms with Crippen molar-refractivity contribution >= 4 is 27.6 Å². The molecule has 1 saturated carbocycles. The molecule has 1 aromatic carbocycles. The minimum absolute atomic E-state index is 0.155. The molecule has 0 spiro atoms. The van der Waals surface area contributed by atoms with Crippen molar-refractivity contribution in [1.29, 1.82) is 0 Å². The maximum absolute atomic E-state index is 12.2. The largest absolute Gasteiger partial charge is 0.467 e. The van der Waals surface area contributed by atoms with Crippen LogP contribution in [0, 0.1) is 5.41 Å². The summed E-state index contributed by atoms with van der Waals surface area (Å²) in [6, 6.07) is 7.85. The summed E-state index contributed by atoms with van der Waals surface area (Å²) >= 11 is 3.51. The van der Waals surface area contributed by atoms with Gasteiger partial charge in [0.05, 0.1) is 7.11 Å². The first-order valence-corrected chi connectivity index (χ1v) is 7.29. The van der Waals surface area contributed by atoms with Gasteiger partial charge in [0.25, 0.3) is 0 Å². The number of benzene rings is 1. The molecule has 0 bridgehead atoms. The molecule has 2 rings (SSSR count). The molecule has 1 aromatic rings. The summed E-state index contributed by atoms with van der Waals surface area (Å²) in [7, 11) is 1.46. The Labute approximate surface area is 122 Å². The molecule has 1 atom stereocenters. The van der Waals surface area contributed by atoms with E-state index in [0.29, 0.717) is 0 Å². The molecular weight excluding hydrogens is 306 g/mol. The van der Waals surface area contributed by atoms with E-state index in [1.807, 2.05) is 24.3 Å². The quantitative estimate of drug-likeness (QED) is 0.854. The summed E-state index contributed by atoms with van der Waals surface area (Å²) in [6.45, 7) is 4.39. The first kappa shape index (κ1) is 14.4. The summed E-state index contributed by atoms with van der Waals surface area (Å²) in [5, 5.41) is 3.41. The lowest BCUT2D eigenvalue weighted by Gasteiger charge is -2.30. The van der Waals surface area contributed by atoms with Gasteiger partial charge in [0.15, 0.2) is 0 Å². The van der Waals surface area contributed by atoms with Crippen LogP contribution in [0.5, 0.6) is 0 Å². The normalized spacial score (nSPS) is 25.1. The average molecular weight is 326 g/mol. The van der Waals surface area contributed by atoms with E-state index >= 15 is 0 Å². The van der Waals surface area contributed by atoms with Gasteiger partial charge < -0.3 is 10.1 Å². The summed E-state index contributed by atoms with van der Waals surface area (Å²) in [5.74, 6) is -0.172. The number of ether oxygens (including phenoxy) is 1. The molecule has 0 heterocycles. The Morgan fingerprint density at radius 2 is 2.00 bits per heavy atom. The Morgan fingerprint density at radius 1 is 1.32 bits per heavy atom. The lowest BCUT2D eigenvalue weighted by molar-refractivity contribution is -0.146. The fourth-order valence-electron chi connectivity index (χ4n) is 2.89. The summed E-state index contributed by atoms with van der Waals surface area (Å²) in [5.41, 5.74) is 0.482. The number of carbonyl (C=O) groups is 1. The molecule has 3 nitrogen and oxygen atoms in total. The van der Waals surface area contributed by atoms with Gasteiger partial charge in [-0.2, -0.15) is 0 Å². The highest BCUT2D eigenvalue weighted by Gasteiger charge is 2.49. The molecule has 1 fully saturated rings. The average Bonchev–Trinajstić information content (AvgIpc) is 2.68. The van der Waals surface area contributed by atoms with Crippen molar-refractivity contribution in [2.75, 3.05) is 12.4 Å². The lowest BCUT2D eigenvalue weighted by atomic mass is 9.87. The smallest absolute Gasteiger partial charge is 0.331 e. The highest BCUT2D eigenvalue weighted by Crippen LogP contribution is 2.46. The van der Waals surface area contributed by atoms with Crippen LogP contribution in [0.25, 0.3) is 0 Å². The van der Waals surface area contributed by atoms with E-state index in [-0.39, 0.29) is 11.4 Å². The van der Waals surface area contributed by atoms with Crippen molar-refractivity contribution in [3.8, 4) is 0 Å². The number of esters is 1. The number of methoxy groups -OCH3 is 1. The van der Waals surface area contributed by atoms with Gasteiger partial charge in [-0.3, -0.25) is 0 Å². The molecular formula is C15H20BrNO2. The predicted octanol–water partition coefficient (Wildman–Crippen LogP) is 3.98. The SMILES string of the molecule is COC(=O)C1(Nc2ccccc2Br)CCC(C)(C)C1. The van der Waals surface area contributed by atoms with Crippen molar-refractivity contribution in [3.63, 3.8) is 0 Å². The molecule has 0 radical (unpaired) electrons. The van der Waals surface area contributed by atoms with Gasteiger partial charge in [0, 0.05) is 10.2 Å². The molecule has 1 N–H and O–H groups in total. The first-order chi connectivity index (χ1) is 8.88. The monoisotopic (exact) mass is 325 g/mol. The predicted molar refractivity (Wildman–Crippen MR) is 80.1 cm³/mol. The molecule has 0 aliphatic heterocycles. The zero-order chi connectivity index (χ0) is 14.1. The zero-order valence-corrected chi connectivity index (χ0v) is 13.2. The van der Waals surface area contributed by atoms with Crippen molar-refractivity contribution in [2.45, 2.75) is 38.6 Å². The van der Waals surface area contributed by atoms with Gasteiger partial charge in [0.2, 0.25) is 0 Å². The minimum Gasteiger partial charge on any atom is -0.467 e. The van der Waals surface area contributed by atoms with Crippen LogP contribution in [-0.2, 0) is 9.53 Å². The lowest BCUT2D eigenvalue weighted by Crippen LogP contribution is -2.45. The van der Waals surface area contributed by atoms with Crippen molar-refractivity contribution < 1.29 is 9.53 Å². The van der Waals surface area contributed by atoms with E-state index in [9.17, 15) is 4.79 Å². The summed E-state index contributed by atoms with van der Waals surface area (Å²) in [6.07, 6.45) is 2.60. The van der Waals surface area contributed by atoms with Crippen molar-refractivity contribution in [2.24, 2.45) is 5.41 Å². The number of anilines is 1. The molecule has 1 unspecified atom stereocenters. The van der Waals surface area contributed by atoms with E-state index in [1.165, 1.54) is 7.11 Å². The van der Waals surface area contributed by atoms with Crippen LogP contribution >= 0.6 is 15.9 Å². The maximum Gasteiger partial charge on any atom is 0.331 e. The molecule has 0 aromatic heterocycles. The molecule has 0 amide bonds. The highest BCUT2D eigenvalue weighted by atomic mass is 79.9. The third-order valence-electron chi connectivity index (χ3n) is 3.83. The molecule has 4 heteroatoms. The van der Waals surface area contributed by atoms with E-state index in [0.717, 1.165) is 29.4 Å². The Kier molecular flexibility index (Phi) is 3.90. The van der Waals surface area contributed by atoms with Gasteiger partial charge >= 0.3 is 5.97 Å². The molecule has 104 valence electrons. The second kappa shape index (κ2) is 5.16. The van der Waals surface area contributed by atoms with Gasteiger partial charge in [-0.15, -0.1) is 0 Å². The van der Waals surface area contributed by atoms with Gasteiger partial charge in [0.1, 0.15) is 5.54 Å². The van der Waals surface area contributed by atoms with Crippen LogP contribution in [-0.4, -0.2) is 18.6 Å². The number of halogens is 1. The molecule has 19 heavy (non-hydrogen) atoms. The molecule has 1 aliphatic rings. The number of carbonyl (C=O) groups excluding carboxylic acids is 1. The third kappa shape index (κ3) is 2.94. The zero-order valence-electron chi connectivity index (χ0n) is 11.6. The summed E-state index contributed by atoms with van der Waals surface area (Å²) < 4.78 is 5.99. The number of hydrogen-bond acceptors (Lipinski definition) is 3. The van der Waals surface area contributed by atoms with Gasteiger partial charge in [-0.1, -0.05) is 26.0 Å². The van der Waals surface area contributed by atoms with Crippen molar-refractivity contribution in [1.82, 2.24) is 0 Å². The van der Waals surface area contributed by atoms with Crippen LogP contribution in [0.3, 0.4) is 0 Å².